The predicted molar refractivity (Wildman–Crippen MR) is 49.4 cm³/mol. The van der Waals surface area contributed by atoms with Gasteiger partial charge < -0.3 is 0 Å². The Kier molecular flexibility index (Phi) is 2.46. The average Bonchev–Trinajstić information content (AvgIpc) is 1.83. The second-order valence-electron chi connectivity index (χ2n) is 1.69. The van der Waals surface area contributed by atoms with Crippen LogP contribution in [0, 0.1) is 10.5 Å². The molecule has 0 fully saturated rings. The van der Waals surface area contributed by atoms with Gasteiger partial charge in [0.15, 0.2) is 0 Å². The van der Waals surface area contributed by atoms with E-state index in [2.05, 4.69) is 43.5 Å². The maximum absolute atomic E-state index is 4.09. The van der Waals surface area contributed by atoms with Crippen LogP contribution in [0.15, 0.2) is 16.7 Å². The van der Waals surface area contributed by atoms with Gasteiger partial charge in [-0.05, 0) is 51.5 Å². The molecule has 9 heavy (non-hydrogen) atoms. The van der Waals surface area contributed by atoms with E-state index in [1.165, 1.54) is 3.57 Å². The summed E-state index contributed by atoms with van der Waals surface area (Å²) in [6.45, 7) is 1.98. The molecular weight excluding hydrogens is 293 g/mol. The first-order valence-electron chi connectivity index (χ1n) is 2.48. The molecule has 0 unspecified atom stereocenters. The summed E-state index contributed by atoms with van der Waals surface area (Å²) in [6.07, 6.45) is 1.81. The zero-order chi connectivity index (χ0) is 6.85. The lowest BCUT2D eigenvalue weighted by Gasteiger charge is -1.96. The maximum atomic E-state index is 4.09. The molecule has 1 rings (SSSR count). The lowest BCUT2D eigenvalue weighted by atomic mass is 10.4. The van der Waals surface area contributed by atoms with E-state index in [9.17, 15) is 0 Å². The molecule has 1 aromatic heterocycles. The first-order valence-corrected chi connectivity index (χ1v) is 4.35. The maximum Gasteiger partial charge on any atom is 0.0525 e. The fourth-order valence-corrected chi connectivity index (χ4v) is 1.30. The van der Waals surface area contributed by atoms with Gasteiger partial charge in [0, 0.05) is 9.77 Å². The van der Waals surface area contributed by atoms with E-state index >= 15 is 0 Å². The normalized spacial score (nSPS) is 9.67. The molecule has 1 aromatic rings. The van der Waals surface area contributed by atoms with Crippen molar-refractivity contribution in [1.29, 1.82) is 0 Å². The number of halogens is 2. The lowest BCUT2D eigenvalue weighted by molar-refractivity contribution is 1.17. The summed E-state index contributed by atoms with van der Waals surface area (Å²) in [4.78, 5) is 4.09. The molecule has 0 N–H and O–H groups in total. The van der Waals surface area contributed by atoms with E-state index in [0.29, 0.717) is 0 Å². The third kappa shape index (κ3) is 1.64. The molecule has 0 saturated heterocycles. The van der Waals surface area contributed by atoms with Crippen molar-refractivity contribution in [3.8, 4) is 0 Å². The highest BCUT2D eigenvalue weighted by atomic mass is 127. The zero-order valence-corrected chi connectivity index (χ0v) is 8.60. The minimum atomic E-state index is 1.04. The van der Waals surface area contributed by atoms with Crippen molar-refractivity contribution in [3.05, 3.63) is 26.0 Å². The van der Waals surface area contributed by atoms with E-state index in [4.69, 9.17) is 0 Å². The standard InChI is InChI=1S/C6H5BrIN/c1-4-6(7)5(8)2-3-9-4/h2-3H,1H3. The molecule has 0 radical (unpaired) electrons. The number of hydrogen-bond donors (Lipinski definition) is 0. The van der Waals surface area contributed by atoms with E-state index in [1.54, 1.807) is 0 Å². The first-order chi connectivity index (χ1) is 4.22. The summed E-state index contributed by atoms with van der Waals surface area (Å²) >= 11 is 5.67. The quantitative estimate of drug-likeness (QED) is 0.671. The summed E-state index contributed by atoms with van der Waals surface area (Å²) in [5, 5.41) is 0. The molecule has 0 aliphatic heterocycles. The van der Waals surface area contributed by atoms with Crippen LogP contribution in [0.3, 0.4) is 0 Å². The molecule has 0 saturated carbocycles. The Bertz CT molecular complexity index is 204. The highest BCUT2D eigenvalue weighted by molar-refractivity contribution is 14.1. The molecule has 0 amide bonds. The zero-order valence-electron chi connectivity index (χ0n) is 4.86. The summed E-state index contributed by atoms with van der Waals surface area (Å²) in [5.41, 5.74) is 1.04. The Hall–Kier alpha value is 0.360. The van der Waals surface area contributed by atoms with E-state index in [1.807, 2.05) is 19.2 Å². The molecule has 48 valence electrons. The first kappa shape index (κ1) is 7.47. The van der Waals surface area contributed by atoms with Gasteiger partial charge in [-0.15, -0.1) is 0 Å². The fourth-order valence-electron chi connectivity index (χ4n) is 0.517. The van der Waals surface area contributed by atoms with Crippen LogP contribution < -0.4 is 0 Å². The molecule has 0 aliphatic carbocycles. The minimum Gasteiger partial charge on any atom is -0.260 e. The van der Waals surface area contributed by atoms with Crippen molar-refractivity contribution in [1.82, 2.24) is 4.98 Å². The highest BCUT2D eigenvalue weighted by Gasteiger charge is 1.97. The highest BCUT2D eigenvalue weighted by Crippen LogP contribution is 2.19. The Balaban J connectivity index is 3.25. The Morgan fingerprint density at radius 2 is 2.33 bits per heavy atom. The number of aromatic nitrogens is 1. The van der Waals surface area contributed by atoms with Crippen molar-refractivity contribution in [2.24, 2.45) is 0 Å². The lowest BCUT2D eigenvalue weighted by Crippen LogP contribution is -1.83. The Morgan fingerprint density at radius 3 is 2.78 bits per heavy atom. The Labute approximate surface area is 76.1 Å². The molecule has 0 aliphatic rings. The number of nitrogens with zero attached hydrogens (tertiary/aromatic N) is 1. The van der Waals surface area contributed by atoms with Crippen LogP contribution in [0.25, 0.3) is 0 Å². The van der Waals surface area contributed by atoms with Gasteiger partial charge >= 0.3 is 0 Å². The largest absolute Gasteiger partial charge is 0.260 e. The molecular formula is C6H5BrIN. The van der Waals surface area contributed by atoms with Gasteiger partial charge in [0.25, 0.3) is 0 Å². The molecule has 0 spiro atoms. The van der Waals surface area contributed by atoms with Gasteiger partial charge in [0.2, 0.25) is 0 Å². The SMILES string of the molecule is Cc1nccc(I)c1Br. The third-order valence-electron chi connectivity index (χ3n) is 1.02. The van der Waals surface area contributed by atoms with Crippen LogP contribution in [0.4, 0.5) is 0 Å². The van der Waals surface area contributed by atoms with E-state index < -0.39 is 0 Å². The second kappa shape index (κ2) is 2.96. The van der Waals surface area contributed by atoms with Crippen LogP contribution >= 0.6 is 38.5 Å². The van der Waals surface area contributed by atoms with E-state index in [-0.39, 0.29) is 0 Å². The summed E-state index contributed by atoms with van der Waals surface area (Å²) in [7, 11) is 0. The number of hydrogen-bond acceptors (Lipinski definition) is 1. The van der Waals surface area contributed by atoms with Crippen molar-refractivity contribution in [2.75, 3.05) is 0 Å². The predicted octanol–water partition coefficient (Wildman–Crippen LogP) is 2.76. The summed E-state index contributed by atoms with van der Waals surface area (Å²) in [5.74, 6) is 0. The second-order valence-corrected chi connectivity index (χ2v) is 3.65. The third-order valence-corrected chi connectivity index (χ3v) is 3.66. The molecule has 0 bridgehead atoms. The Morgan fingerprint density at radius 1 is 1.67 bits per heavy atom. The van der Waals surface area contributed by atoms with Gasteiger partial charge in [-0.1, -0.05) is 0 Å². The van der Waals surface area contributed by atoms with Gasteiger partial charge in [0.1, 0.15) is 0 Å². The molecule has 0 aromatic carbocycles. The number of rotatable bonds is 0. The molecule has 1 nitrogen and oxygen atoms in total. The average molecular weight is 298 g/mol. The van der Waals surface area contributed by atoms with Crippen LogP contribution in [-0.2, 0) is 0 Å². The van der Waals surface area contributed by atoms with E-state index in [0.717, 1.165) is 10.2 Å². The number of aryl methyl sites for hydroxylation is 1. The molecule has 3 heteroatoms. The van der Waals surface area contributed by atoms with Gasteiger partial charge in [-0.25, -0.2) is 0 Å². The molecule has 0 atom stereocenters. The van der Waals surface area contributed by atoms with Crippen LogP contribution in [0.2, 0.25) is 0 Å². The van der Waals surface area contributed by atoms with Crippen molar-refractivity contribution in [3.63, 3.8) is 0 Å². The summed E-state index contributed by atoms with van der Waals surface area (Å²) < 4.78 is 2.31. The van der Waals surface area contributed by atoms with Crippen LogP contribution in [0.5, 0.6) is 0 Å². The molecule has 1 heterocycles. The fraction of sp³-hybridized carbons (Fsp3) is 0.167. The van der Waals surface area contributed by atoms with Crippen molar-refractivity contribution < 1.29 is 0 Å². The summed E-state index contributed by atoms with van der Waals surface area (Å²) in [6, 6.07) is 1.97. The monoisotopic (exact) mass is 297 g/mol. The van der Waals surface area contributed by atoms with Crippen molar-refractivity contribution in [2.45, 2.75) is 6.92 Å². The topological polar surface area (TPSA) is 12.9 Å². The van der Waals surface area contributed by atoms with Gasteiger partial charge in [-0.3, -0.25) is 4.98 Å². The van der Waals surface area contributed by atoms with Gasteiger partial charge in [0.05, 0.1) is 10.2 Å². The smallest absolute Gasteiger partial charge is 0.0525 e. The van der Waals surface area contributed by atoms with Crippen molar-refractivity contribution >= 4 is 38.5 Å². The van der Waals surface area contributed by atoms with Crippen LogP contribution in [0.1, 0.15) is 5.69 Å². The number of pyridine rings is 1. The van der Waals surface area contributed by atoms with Crippen LogP contribution in [-0.4, -0.2) is 4.98 Å². The minimum absolute atomic E-state index is 1.04. The van der Waals surface area contributed by atoms with Gasteiger partial charge in [-0.2, -0.15) is 0 Å².